The summed E-state index contributed by atoms with van der Waals surface area (Å²) in [6.07, 6.45) is 4.54. The Bertz CT molecular complexity index is 817. The molecule has 0 radical (unpaired) electrons. The Hall–Kier alpha value is -2.34. The molecule has 2 aromatic rings. The molecule has 0 amide bonds. The van der Waals surface area contributed by atoms with E-state index in [1.54, 1.807) is 7.11 Å². The number of esters is 1. The SMILES string of the molecule is CCOC(=O)C1(Cc2cccc(OC)c2)CCCN(Cc2cn(C)nc2C)C1. The number of benzene rings is 1. The van der Waals surface area contributed by atoms with Crippen LogP contribution in [0.25, 0.3) is 0 Å². The van der Waals surface area contributed by atoms with Gasteiger partial charge in [-0.2, -0.15) is 5.10 Å². The Morgan fingerprint density at radius 1 is 1.36 bits per heavy atom. The number of nitrogens with zero attached hydrogens (tertiary/aromatic N) is 3. The van der Waals surface area contributed by atoms with E-state index in [-0.39, 0.29) is 5.97 Å². The molecule has 1 aromatic heterocycles. The lowest BCUT2D eigenvalue weighted by Gasteiger charge is -2.41. The highest BCUT2D eigenvalue weighted by atomic mass is 16.5. The van der Waals surface area contributed by atoms with Crippen molar-refractivity contribution in [3.63, 3.8) is 0 Å². The van der Waals surface area contributed by atoms with Gasteiger partial charge in [-0.1, -0.05) is 12.1 Å². The summed E-state index contributed by atoms with van der Waals surface area (Å²) in [5, 5.41) is 4.45. The molecule has 1 aliphatic heterocycles. The molecule has 6 nitrogen and oxygen atoms in total. The van der Waals surface area contributed by atoms with Crippen LogP contribution in [-0.2, 0) is 29.5 Å². The standard InChI is InChI=1S/C22H31N3O3/c1-5-28-21(26)22(13-18-8-6-9-20(12-18)27-4)10-7-11-25(16-22)15-19-14-24(3)23-17(19)2/h6,8-9,12,14H,5,7,10-11,13,15-16H2,1-4H3. The van der Waals surface area contributed by atoms with Gasteiger partial charge in [0.2, 0.25) is 0 Å². The summed E-state index contributed by atoms with van der Waals surface area (Å²) in [6.45, 7) is 6.79. The van der Waals surface area contributed by atoms with Crippen molar-refractivity contribution in [2.75, 3.05) is 26.8 Å². The van der Waals surface area contributed by atoms with E-state index in [2.05, 4.69) is 22.3 Å². The Morgan fingerprint density at radius 2 is 2.18 bits per heavy atom. The third-order valence-electron chi connectivity index (χ3n) is 5.55. The zero-order valence-electron chi connectivity index (χ0n) is 17.4. The molecule has 3 rings (SSSR count). The average molecular weight is 386 g/mol. The van der Waals surface area contributed by atoms with Crippen LogP contribution in [0.2, 0.25) is 0 Å². The van der Waals surface area contributed by atoms with Crippen molar-refractivity contribution >= 4 is 5.97 Å². The molecule has 0 bridgehead atoms. The van der Waals surface area contributed by atoms with Crippen molar-refractivity contribution < 1.29 is 14.3 Å². The molecule has 1 fully saturated rings. The number of carbonyl (C=O) groups excluding carboxylic acids is 1. The highest BCUT2D eigenvalue weighted by Crippen LogP contribution is 2.36. The fourth-order valence-electron chi connectivity index (χ4n) is 4.25. The monoisotopic (exact) mass is 385 g/mol. The molecule has 0 saturated carbocycles. The lowest BCUT2D eigenvalue weighted by Crippen LogP contribution is -2.49. The molecule has 1 aliphatic rings. The molecule has 0 spiro atoms. The lowest BCUT2D eigenvalue weighted by atomic mass is 9.75. The summed E-state index contributed by atoms with van der Waals surface area (Å²) in [5.74, 6) is 0.723. The topological polar surface area (TPSA) is 56.6 Å². The number of hydrogen-bond acceptors (Lipinski definition) is 5. The average Bonchev–Trinajstić information content (AvgIpc) is 2.99. The molecule has 1 saturated heterocycles. The number of likely N-dealkylation sites (tertiary alicyclic amines) is 1. The van der Waals surface area contributed by atoms with E-state index in [0.717, 1.165) is 42.9 Å². The van der Waals surface area contributed by atoms with Crippen LogP contribution < -0.4 is 4.74 Å². The fraction of sp³-hybridized carbons (Fsp3) is 0.545. The van der Waals surface area contributed by atoms with Crippen LogP contribution in [0.4, 0.5) is 0 Å². The van der Waals surface area contributed by atoms with Crippen LogP contribution in [-0.4, -0.2) is 47.5 Å². The molecule has 28 heavy (non-hydrogen) atoms. The first-order chi connectivity index (χ1) is 13.5. The Balaban J connectivity index is 1.83. The number of ether oxygens (including phenoxy) is 2. The zero-order valence-corrected chi connectivity index (χ0v) is 17.4. The maximum absolute atomic E-state index is 13.1. The summed E-state index contributed by atoms with van der Waals surface area (Å²) in [5.41, 5.74) is 2.83. The summed E-state index contributed by atoms with van der Waals surface area (Å²) in [4.78, 5) is 15.4. The number of piperidine rings is 1. The molecular formula is C22H31N3O3. The first kappa shape index (κ1) is 20.4. The third kappa shape index (κ3) is 4.55. The van der Waals surface area contributed by atoms with Crippen molar-refractivity contribution in [1.82, 2.24) is 14.7 Å². The van der Waals surface area contributed by atoms with Crippen LogP contribution in [0, 0.1) is 12.3 Å². The van der Waals surface area contributed by atoms with E-state index in [1.807, 2.05) is 43.8 Å². The van der Waals surface area contributed by atoms with E-state index in [0.29, 0.717) is 19.6 Å². The van der Waals surface area contributed by atoms with Crippen molar-refractivity contribution in [2.45, 2.75) is 39.7 Å². The number of methoxy groups -OCH3 is 1. The maximum Gasteiger partial charge on any atom is 0.313 e. The van der Waals surface area contributed by atoms with Crippen LogP contribution >= 0.6 is 0 Å². The van der Waals surface area contributed by atoms with Gasteiger partial charge < -0.3 is 9.47 Å². The van der Waals surface area contributed by atoms with Crippen molar-refractivity contribution in [3.05, 3.63) is 47.3 Å². The predicted molar refractivity (Wildman–Crippen MR) is 108 cm³/mol. The third-order valence-corrected chi connectivity index (χ3v) is 5.55. The predicted octanol–water partition coefficient (Wildman–Crippen LogP) is 3.13. The Labute approximate surface area is 167 Å². The van der Waals surface area contributed by atoms with Gasteiger partial charge in [-0.3, -0.25) is 14.4 Å². The van der Waals surface area contributed by atoms with E-state index in [9.17, 15) is 4.79 Å². The quantitative estimate of drug-likeness (QED) is 0.686. The summed E-state index contributed by atoms with van der Waals surface area (Å²) < 4.78 is 12.7. The number of rotatable bonds is 7. The molecule has 2 heterocycles. The molecular weight excluding hydrogens is 354 g/mol. The summed E-state index contributed by atoms with van der Waals surface area (Å²) >= 11 is 0. The first-order valence-electron chi connectivity index (χ1n) is 9.97. The zero-order chi connectivity index (χ0) is 20.1. The van der Waals surface area contributed by atoms with E-state index in [4.69, 9.17) is 9.47 Å². The van der Waals surface area contributed by atoms with Crippen LogP contribution in [0.3, 0.4) is 0 Å². The molecule has 1 aromatic carbocycles. The molecule has 1 unspecified atom stereocenters. The number of aromatic nitrogens is 2. The minimum absolute atomic E-state index is 0.0922. The van der Waals surface area contributed by atoms with Gasteiger partial charge in [-0.25, -0.2) is 0 Å². The molecule has 0 aliphatic carbocycles. The minimum Gasteiger partial charge on any atom is -0.497 e. The number of hydrogen-bond donors (Lipinski definition) is 0. The second-order valence-corrected chi connectivity index (χ2v) is 7.76. The van der Waals surface area contributed by atoms with E-state index in [1.165, 1.54) is 5.56 Å². The molecule has 0 N–H and O–H groups in total. The molecule has 6 heteroatoms. The van der Waals surface area contributed by atoms with E-state index < -0.39 is 5.41 Å². The second kappa shape index (κ2) is 8.78. The highest BCUT2D eigenvalue weighted by molar-refractivity contribution is 5.78. The minimum atomic E-state index is -0.531. The summed E-state index contributed by atoms with van der Waals surface area (Å²) in [7, 11) is 3.61. The first-order valence-corrected chi connectivity index (χ1v) is 9.97. The van der Waals surface area contributed by atoms with Crippen LogP contribution in [0.15, 0.2) is 30.5 Å². The smallest absolute Gasteiger partial charge is 0.313 e. The number of carbonyl (C=O) groups is 1. The highest BCUT2D eigenvalue weighted by Gasteiger charge is 2.43. The van der Waals surface area contributed by atoms with Gasteiger partial charge >= 0.3 is 5.97 Å². The second-order valence-electron chi connectivity index (χ2n) is 7.76. The van der Waals surface area contributed by atoms with Gasteiger partial charge in [-0.05, 0) is 57.4 Å². The van der Waals surface area contributed by atoms with Gasteiger partial charge in [0.1, 0.15) is 5.75 Å². The number of aryl methyl sites for hydroxylation is 2. The van der Waals surface area contributed by atoms with Crippen LogP contribution in [0.1, 0.15) is 36.6 Å². The Kier molecular flexibility index (Phi) is 6.39. The van der Waals surface area contributed by atoms with Gasteiger partial charge in [0, 0.05) is 31.9 Å². The van der Waals surface area contributed by atoms with Gasteiger partial charge in [0.25, 0.3) is 0 Å². The van der Waals surface area contributed by atoms with Gasteiger partial charge in [-0.15, -0.1) is 0 Å². The van der Waals surface area contributed by atoms with Crippen molar-refractivity contribution in [3.8, 4) is 5.75 Å². The maximum atomic E-state index is 13.1. The molecule has 152 valence electrons. The Morgan fingerprint density at radius 3 is 2.86 bits per heavy atom. The largest absolute Gasteiger partial charge is 0.497 e. The fourth-order valence-corrected chi connectivity index (χ4v) is 4.25. The lowest BCUT2D eigenvalue weighted by molar-refractivity contribution is -0.159. The van der Waals surface area contributed by atoms with Crippen LogP contribution in [0.5, 0.6) is 5.75 Å². The van der Waals surface area contributed by atoms with Crippen molar-refractivity contribution in [1.29, 1.82) is 0 Å². The van der Waals surface area contributed by atoms with Gasteiger partial charge in [0.15, 0.2) is 0 Å². The van der Waals surface area contributed by atoms with Crippen molar-refractivity contribution in [2.24, 2.45) is 12.5 Å². The van der Waals surface area contributed by atoms with E-state index >= 15 is 0 Å². The normalized spacial score (nSPS) is 20.1. The van der Waals surface area contributed by atoms with Gasteiger partial charge in [0.05, 0.1) is 24.8 Å². The molecule has 1 atom stereocenters. The summed E-state index contributed by atoms with van der Waals surface area (Å²) in [6, 6.07) is 7.99.